The first-order chi connectivity index (χ1) is 12.0. The lowest BCUT2D eigenvalue weighted by molar-refractivity contribution is -0.145. The van der Waals surface area contributed by atoms with Gasteiger partial charge in [-0.2, -0.15) is 0 Å². The summed E-state index contributed by atoms with van der Waals surface area (Å²) in [6.07, 6.45) is 1.50. The summed E-state index contributed by atoms with van der Waals surface area (Å²) in [7, 11) is 0. The first kappa shape index (κ1) is 17.5. The highest BCUT2D eigenvalue weighted by Gasteiger charge is 2.09. The number of benzene rings is 2. The van der Waals surface area contributed by atoms with Gasteiger partial charge in [-0.05, 0) is 24.3 Å². The molecule has 0 amide bonds. The van der Waals surface area contributed by atoms with Gasteiger partial charge in [0, 0.05) is 22.2 Å². The van der Waals surface area contributed by atoms with E-state index in [1.807, 2.05) is 6.07 Å². The summed E-state index contributed by atoms with van der Waals surface area (Å²) in [5, 5.41) is 1.48. The summed E-state index contributed by atoms with van der Waals surface area (Å²) in [5.74, 6) is -0.425. The normalized spacial score (nSPS) is 10.8. The lowest BCUT2D eigenvalue weighted by Gasteiger charge is -2.08. The molecule has 0 aliphatic carbocycles. The van der Waals surface area contributed by atoms with Crippen LogP contribution in [0, 0.1) is 0 Å². The SMILES string of the molecule is O=C(CCn1cnc2ccccc2c1=O)OCc1ccc(Cl)cc1Cl. The van der Waals surface area contributed by atoms with Crippen LogP contribution in [0.5, 0.6) is 0 Å². The van der Waals surface area contributed by atoms with Crippen molar-refractivity contribution in [2.24, 2.45) is 0 Å². The molecule has 1 aromatic heterocycles. The number of carbonyl (C=O) groups is 1. The van der Waals surface area contributed by atoms with E-state index in [1.165, 1.54) is 10.9 Å². The van der Waals surface area contributed by atoms with Crippen LogP contribution in [0.4, 0.5) is 0 Å². The number of hydrogen-bond donors (Lipinski definition) is 0. The number of esters is 1. The summed E-state index contributed by atoms with van der Waals surface area (Å²) in [6, 6.07) is 12.0. The van der Waals surface area contributed by atoms with Crippen LogP contribution >= 0.6 is 23.2 Å². The maximum atomic E-state index is 12.3. The number of ether oxygens (including phenoxy) is 1. The minimum absolute atomic E-state index is 0.0553. The summed E-state index contributed by atoms with van der Waals surface area (Å²) >= 11 is 11.9. The Bertz CT molecular complexity index is 985. The van der Waals surface area contributed by atoms with Gasteiger partial charge in [0.2, 0.25) is 0 Å². The van der Waals surface area contributed by atoms with Gasteiger partial charge in [-0.3, -0.25) is 14.2 Å². The van der Waals surface area contributed by atoms with Gasteiger partial charge >= 0.3 is 5.97 Å². The molecule has 5 nitrogen and oxygen atoms in total. The van der Waals surface area contributed by atoms with Gasteiger partial charge in [-0.25, -0.2) is 4.98 Å². The zero-order valence-electron chi connectivity index (χ0n) is 13.1. The highest BCUT2D eigenvalue weighted by molar-refractivity contribution is 6.35. The molecule has 0 atom stereocenters. The third-order valence-corrected chi connectivity index (χ3v) is 4.28. The van der Waals surface area contributed by atoms with Crippen LogP contribution in [0.25, 0.3) is 10.9 Å². The van der Waals surface area contributed by atoms with E-state index in [-0.39, 0.29) is 25.1 Å². The molecule has 2 aromatic carbocycles. The maximum Gasteiger partial charge on any atom is 0.307 e. The largest absolute Gasteiger partial charge is 0.461 e. The third-order valence-electron chi connectivity index (χ3n) is 3.69. The van der Waals surface area contributed by atoms with Gasteiger partial charge in [0.1, 0.15) is 6.61 Å². The van der Waals surface area contributed by atoms with Crippen molar-refractivity contribution in [3.05, 3.63) is 74.8 Å². The second kappa shape index (κ2) is 7.68. The van der Waals surface area contributed by atoms with Crippen LogP contribution in [-0.2, 0) is 22.7 Å². The molecular formula is C18H14Cl2N2O3. The highest BCUT2D eigenvalue weighted by Crippen LogP contribution is 2.21. The molecule has 0 saturated heterocycles. The molecular weight excluding hydrogens is 363 g/mol. The van der Waals surface area contributed by atoms with E-state index >= 15 is 0 Å². The van der Waals surface area contributed by atoms with Gasteiger partial charge in [-0.1, -0.05) is 41.4 Å². The van der Waals surface area contributed by atoms with Crippen molar-refractivity contribution in [1.29, 1.82) is 0 Å². The quantitative estimate of drug-likeness (QED) is 0.634. The fraction of sp³-hybridized carbons (Fsp3) is 0.167. The Morgan fingerprint density at radius 2 is 1.96 bits per heavy atom. The summed E-state index contributed by atoms with van der Waals surface area (Å²) in [6.45, 7) is 0.254. The molecule has 3 rings (SSSR count). The minimum atomic E-state index is -0.425. The molecule has 3 aromatic rings. The smallest absolute Gasteiger partial charge is 0.307 e. The standard InChI is InChI=1S/C18H14Cl2N2O3/c19-13-6-5-12(15(20)9-13)10-25-17(23)7-8-22-11-21-16-4-2-1-3-14(16)18(22)24/h1-6,9,11H,7-8,10H2. The van der Waals surface area contributed by atoms with Crippen LogP contribution in [-0.4, -0.2) is 15.5 Å². The van der Waals surface area contributed by atoms with E-state index in [0.29, 0.717) is 26.5 Å². The Morgan fingerprint density at radius 1 is 1.16 bits per heavy atom. The maximum absolute atomic E-state index is 12.3. The number of fused-ring (bicyclic) bond motifs is 1. The van der Waals surface area contributed by atoms with E-state index in [4.69, 9.17) is 27.9 Å². The van der Waals surface area contributed by atoms with Gasteiger partial charge in [0.15, 0.2) is 0 Å². The monoisotopic (exact) mass is 376 g/mol. The molecule has 0 radical (unpaired) electrons. The fourth-order valence-electron chi connectivity index (χ4n) is 2.35. The van der Waals surface area contributed by atoms with Crippen LogP contribution in [0.3, 0.4) is 0 Å². The van der Waals surface area contributed by atoms with Crippen LogP contribution < -0.4 is 5.56 Å². The first-order valence-electron chi connectivity index (χ1n) is 7.58. The summed E-state index contributed by atoms with van der Waals surface area (Å²) in [4.78, 5) is 28.5. The fourth-order valence-corrected chi connectivity index (χ4v) is 2.81. The van der Waals surface area contributed by atoms with Gasteiger partial charge in [0.05, 0.1) is 23.7 Å². The number of aromatic nitrogens is 2. The zero-order valence-corrected chi connectivity index (χ0v) is 14.6. The topological polar surface area (TPSA) is 61.2 Å². The van der Waals surface area contributed by atoms with E-state index in [2.05, 4.69) is 4.98 Å². The van der Waals surface area contributed by atoms with Crippen molar-refractivity contribution in [2.75, 3.05) is 0 Å². The van der Waals surface area contributed by atoms with Crippen molar-refractivity contribution in [1.82, 2.24) is 9.55 Å². The lowest BCUT2D eigenvalue weighted by atomic mass is 10.2. The van der Waals surface area contributed by atoms with Crippen LogP contribution in [0.2, 0.25) is 10.0 Å². The molecule has 0 unspecified atom stereocenters. The molecule has 0 fully saturated rings. The number of halogens is 2. The van der Waals surface area contributed by atoms with Crippen molar-refractivity contribution in [3.8, 4) is 0 Å². The Labute approximate surface area is 153 Å². The predicted molar refractivity (Wildman–Crippen MR) is 96.9 cm³/mol. The number of hydrogen-bond acceptors (Lipinski definition) is 4. The molecule has 128 valence electrons. The number of para-hydroxylation sites is 1. The van der Waals surface area contributed by atoms with Crippen LogP contribution in [0.1, 0.15) is 12.0 Å². The Balaban J connectivity index is 1.61. The molecule has 1 heterocycles. The minimum Gasteiger partial charge on any atom is -0.461 e. The van der Waals surface area contributed by atoms with Crippen molar-refractivity contribution < 1.29 is 9.53 Å². The van der Waals surface area contributed by atoms with Crippen molar-refractivity contribution in [3.63, 3.8) is 0 Å². The average molecular weight is 377 g/mol. The lowest BCUT2D eigenvalue weighted by Crippen LogP contribution is -2.22. The van der Waals surface area contributed by atoms with Gasteiger partial charge in [-0.15, -0.1) is 0 Å². The number of aryl methyl sites for hydroxylation is 1. The van der Waals surface area contributed by atoms with E-state index < -0.39 is 5.97 Å². The van der Waals surface area contributed by atoms with E-state index in [9.17, 15) is 9.59 Å². The molecule has 0 aliphatic rings. The number of nitrogens with zero attached hydrogens (tertiary/aromatic N) is 2. The summed E-state index contributed by atoms with van der Waals surface area (Å²) < 4.78 is 6.60. The summed E-state index contributed by atoms with van der Waals surface area (Å²) in [5.41, 5.74) is 1.12. The number of carbonyl (C=O) groups excluding carboxylic acids is 1. The molecule has 0 aliphatic heterocycles. The Morgan fingerprint density at radius 3 is 2.76 bits per heavy atom. The van der Waals surface area contributed by atoms with Crippen molar-refractivity contribution >= 4 is 40.1 Å². The Kier molecular flexibility index (Phi) is 5.36. The molecule has 0 saturated carbocycles. The van der Waals surface area contributed by atoms with Crippen molar-refractivity contribution in [2.45, 2.75) is 19.6 Å². The van der Waals surface area contributed by atoms with Gasteiger partial charge in [0.25, 0.3) is 5.56 Å². The number of rotatable bonds is 5. The molecule has 0 bridgehead atoms. The highest BCUT2D eigenvalue weighted by atomic mass is 35.5. The van der Waals surface area contributed by atoms with E-state index in [1.54, 1.807) is 36.4 Å². The Hall–Kier alpha value is -2.37. The van der Waals surface area contributed by atoms with Crippen LogP contribution in [0.15, 0.2) is 53.6 Å². The average Bonchev–Trinajstić information content (AvgIpc) is 2.60. The van der Waals surface area contributed by atoms with Gasteiger partial charge < -0.3 is 4.74 Å². The first-order valence-corrected chi connectivity index (χ1v) is 8.34. The second-order valence-corrected chi connectivity index (χ2v) is 6.25. The zero-order chi connectivity index (χ0) is 17.8. The third kappa shape index (κ3) is 4.18. The molecule has 25 heavy (non-hydrogen) atoms. The molecule has 7 heteroatoms. The molecule has 0 N–H and O–H groups in total. The van der Waals surface area contributed by atoms with E-state index in [0.717, 1.165) is 0 Å². The molecule has 0 spiro atoms. The predicted octanol–water partition coefficient (Wildman–Crippen LogP) is 3.84. The second-order valence-electron chi connectivity index (χ2n) is 5.41.